The molecular formula is C21H22O7. The first-order chi connectivity index (χ1) is 13.4. The van der Waals surface area contributed by atoms with Gasteiger partial charge < -0.3 is 24.4 Å². The molecule has 0 atom stereocenters. The van der Waals surface area contributed by atoms with Crippen molar-refractivity contribution in [3.8, 4) is 17.2 Å². The van der Waals surface area contributed by atoms with E-state index in [1.165, 1.54) is 27.4 Å². The van der Waals surface area contributed by atoms with Crippen molar-refractivity contribution in [1.82, 2.24) is 0 Å². The van der Waals surface area contributed by atoms with Gasteiger partial charge in [-0.15, -0.1) is 0 Å². The fourth-order valence-electron chi connectivity index (χ4n) is 2.08. The smallest absolute Gasteiger partial charge is 0.328 e. The first-order valence-electron chi connectivity index (χ1n) is 8.08. The Morgan fingerprint density at radius 2 is 1.29 bits per heavy atom. The standard InChI is InChI=1S/C12H14O5.C9H8O2/c1-15-8-6-10(16-2)9(4-5-12(13)14)11(7-8)17-3;10-9(11)7-6-8-4-2-1-3-5-8/h4-7H,1-3H3,(H,13,14);1-7H,(H,10,11)/b;7-6+. The quantitative estimate of drug-likeness (QED) is 0.701. The molecule has 7 nitrogen and oxygen atoms in total. The third-order valence-corrected chi connectivity index (χ3v) is 3.36. The van der Waals surface area contributed by atoms with Crippen molar-refractivity contribution in [1.29, 1.82) is 0 Å². The molecule has 0 amide bonds. The van der Waals surface area contributed by atoms with Gasteiger partial charge in [-0.3, -0.25) is 0 Å². The lowest BCUT2D eigenvalue weighted by molar-refractivity contribution is -0.132. The van der Waals surface area contributed by atoms with Crippen molar-refractivity contribution < 1.29 is 34.0 Å². The van der Waals surface area contributed by atoms with Crippen molar-refractivity contribution in [2.75, 3.05) is 21.3 Å². The summed E-state index contributed by atoms with van der Waals surface area (Å²) in [7, 11) is 4.51. The van der Waals surface area contributed by atoms with E-state index in [9.17, 15) is 9.59 Å². The summed E-state index contributed by atoms with van der Waals surface area (Å²) < 4.78 is 15.4. The number of aliphatic carboxylic acids is 2. The molecule has 0 heterocycles. The Labute approximate surface area is 163 Å². The molecule has 0 bridgehead atoms. The molecule has 7 heteroatoms. The fraction of sp³-hybridized carbons (Fsp3) is 0.143. The number of ether oxygens (including phenoxy) is 3. The minimum absolute atomic E-state index is 0.485. The largest absolute Gasteiger partial charge is 0.496 e. The number of benzene rings is 2. The lowest BCUT2D eigenvalue weighted by Crippen LogP contribution is -1.95. The van der Waals surface area contributed by atoms with E-state index in [4.69, 9.17) is 24.4 Å². The Morgan fingerprint density at radius 1 is 0.786 bits per heavy atom. The first kappa shape index (κ1) is 22.3. The lowest BCUT2D eigenvalue weighted by Gasteiger charge is -2.12. The van der Waals surface area contributed by atoms with Crippen LogP contribution in [0.3, 0.4) is 0 Å². The number of carboxylic acid groups (broad SMARTS) is 2. The molecule has 2 N–H and O–H groups in total. The van der Waals surface area contributed by atoms with Crippen molar-refractivity contribution >= 4 is 24.1 Å². The van der Waals surface area contributed by atoms with E-state index in [1.807, 2.05) is 30.3 Å². The van der Waals surface area contributed by atoms with Crippen molar-refractivity contribution in [3.63, 3.8) is 0 Å². The van der Waals surface area contributed by atoms with Crippen LogP contribution in [0.1, 0.15) is 11.1 Å². The number of hydrogen-bond donors (Lipinski definition) is 2. The lowest BCUT2D eigenvalue weighted by atomic mass is 10.1. The topological polar surface area (TPSA) is 102 Å². The van der Waals surface area contributed by atoms with Gasteiger partial charge >= 0.3 is 11.9 Å². The molecule has 0 aromatic heterocycles. The van der Waals surface area contributed by atoms with Crippen LogP contribution >= 0.6 is 0 Å². The Morgan fingerprint density at radius 3 is 1.71 bits per heavy atom. The van der Waals surface area contributed by atoms with E-state index in [0.29, 0.717) is 22.8 Å². The highest BCUT2D eigenvalue weighted by molar-refractivity contribution is 5.87. The summed E-state index contributed by atoms with van der Waals surface area (Å²) in [5.41, 5.74) is 1.45. The van der Waals surface area contributed by atoms with Gasteiger partial charge in [-0.05, 0) is 17.7 Å². The molecule has 0 aliphatic rings. The van der Waals surface area contributed by atoms with Gasteiger partial charge in [0.2, 0.25) is 0 Å². The second-order valence-corrected chi connectivity index (χ2v) is 5.20. The number of carbonyl (C=O) groups is 2. The van der Waals surface area contributed by atoms with E-state index in [2.05, 4.69) is 0 Å². The van der Waals surface area contributed by atoms with Crippen LogP contribution < -0.4 is 14.2 Å². The molecule has 0 saturated carbocycles. The molecule has 0 radical (unpaired) electrons. The second kappa shape index (κ2) is 11.8. The first-order valence-corrected chi connectivity index (χ1v) is 8.08. The van der Waals surface area contributed by atoms with E-state index < -0.39 is 11.9 Å². The molecular weight excluding hydrogens is 364 g/mol. The Hall–Kier alpha value is -3.74. The van der Waals surface area contributed by atoms with Crippen molar-refractivity contribution in [2.45, 2.75) is 0 Å². The normalized spacial score (nSPS) is 10.2. The predicted molar refractivity (Wildman–Crippen MR) is 106 cm³/mol. The van der Waals surface area contributed by atoms with E-state index in [0.717, 1.165) is 17.7 Å². The summed E-state index contributed by atoms with van der Waals surface area (Å²) in [5.74, 6) is -0.414. The maximum Gasteiger partial charge on any atom is 0.328 e. The Bertz CT molecular complexity index is 814. The molecule has 0 saturated heterocycles. The zero-order chi connectivity index (χ0) is 20.9. The number of methoxy groups -OCH3 is 3. The molecule has 28 heavy (non-hydrogen) atoms. The SMILES string of the molecule is COc1cc(OC)c(C=CC(=O)O)c(OC)c1.O=C(O)/C=C/c1ccccc1. The zero-order valence-corrected chi connectivity index (χ0v) is 15.8. The van der Waals surface area contributed by atoms with Gasteiger partial charge in [0.05, 0.1) is 26.9 Å². The molecule has 0 aliphatic carbocycles. The summed E-state index contributed by atoms with van der Waals surface area (Å²) in [6.07, 6.45) is 5.12. The summed E-state index contributed by atoms with van der Waals surface area (Å²) in [6, 6.07) is 12.6. The van der Waals surface area contributed by atoms with Crippen LogP contribution in [-0.2, 0) is 9.59 Å². The van der Waals surface area contributed by atoms with E-state index >= 15 is 0 Å². The van der Waals surface area contributed by atoms with Crippen LogP contribution in [0.25, 0.3) is 12.2 Å². The van der Waals surface area contributed by atoms with Gasteiger partial charge in [0.25, 0.3) is 0 Å². The average molecular weight is 386 g/mol. The fourth-order valence-corrected chi connectivity index (χ4v) is 2.08. The summed E-state index contributed by atoms with van der Waals surface area (Å²) in [6.45, 7) is 0. The van der Waals surface area contributed by atoms with Gasteiger partial charge in [0, 0.05) is 24.3 Å². The number of hydrogen-bond acceptors (Lipinski definition) is 5. The Kier molecular flexibility index (Phi) is 9.39. The highest BCUT2D eigenvalue weighted by Crippen LogP contribution is 2.34. The Balaban J connectivity index is 0.000000307. The second-order valence-electron chi connectivity index (χ2n) is 5.20. The summed E-state index contributed by atoms with van der Waals surface area (Å²) >= 11 is 0. The number of carboxylic acids is 2. The van der Waals surface area contributed by atoms with Crippen LogP contribution in [0.4, 0.5) is 0 Å². The molecule has 0 fully saturated rings. The van der Waals surface area contributed by atoms with Crippen LogP contribution in [-0.4, -0.2) is 43.5 Å². The molecule has 0 aliphatic heterocycles. The van der Waals surface area contributed by atoms with Crippen molar-refractivity contribution in [2.24, 2.45) is 0 Å². The predicted octanol–water partition coefficient (Wildman–Crippen LogP) is 3.59. The van der Waals surface area contributed by atoms with Crippen LogP contribution in [0.15, 0.2) is 54.6 Å². The number of rotatable bonds is 7. The maximum atomic E-state index is 10.5. The highest BCUT2D eigenvalue weighted by Gasteiger charge is 2.10. The molecule has 2 aromatic rings. The van der Waals surface area contributed by atoms with Gasteiger partial charge in [-0.2, -0.15) is 0 Å². The van der Waals surface area contributed by atoms with Crippen molar-refractivity contribution in [3.05, 3.63) is 65.7 Å². The third-order valence-electron chi connectivity index (χ3n) is 3.36. The van der Waals surface area contributed by atoms with Gasteiger partial charge in [-0.1, -0.05) is 30.3 Å². The minimum Gasteiger partial charge on any atom is -0.496 e. The minimum atomic E-state index is -1.04. The van der Waals surface area contributed by atoms with Gasteiger partial charge in [-0.25, -0.2) is 9.59 Å². The molecule has 2 rings (SSSR count). The molecule has 0 unspecified atom stereocenters. The maximum absolute atomic E-state index is 10.5. The summed E-state index contributed by atoms with van der Waals surface area (Å²) in [5, 5.41) is 16.9. The highest BCUT2D eigenvalue weighted by atomic mass is 16.5. The third kappa shape index (κ3) is 7.65. The van der Waals surface area contributed by atoms with E-state index in [1.54, 1.807) is 18.2 Å². The molecule has 2 aromatic carbocycles. The molecule has 148 valence electrons. The monoisotopic (exact) mass is 386 g/mol. The molecule has 0 spiro atoms. The van der Waals surface area contributed by atoms with Crippen LogP contribution in [0, 0.1) is 0 Å². The van der Waals surface area contributed by atoms with E-state index in [-0.39, 0.29) is 0 Å². The summed E-state index contributed by atoms with van der Waals surface area (Å²) in [4.78, 5) is 20.6. The zero-order valence-electron chi connectivity index (χ0n) is 15.8. The van der Waals surface area contributed by atoms with Gasteiger partial charge in [0.15, 0.2) is 0 Å². The average Bonchev–Trinajstić information content (AvgIpc) is 2.71. The van der Waals surface area contributed by atoms with Crippen LogP contribution in [0.2, 0.25) is 0 Å². The van der Waals surface area contributed by atoms with Gasteiger partial charge in [0.1, 0.15) is 17.2 Å². The van der Waals surface area contributed by atoms with Crippen LogP contribution in [0.5, 0.6) is 17.2 Å².